The van der Waals surface area contributed by atoms with E-state index in [-0.39, 0.29) is 0 Å². The van der Waals surface area contributed by atoms with Crippen LogP contribution in [0.4, 0.5) is 22.7 Å². The van der Waals surface area contributed by atoms with Crippen LogP contribution in [-0.4, -0.2) is 9.13 Å². The van der Waals surface area contributed by atoms with Crippen molar-refractivity contribution in [3.05, 3.63) is 217 Å². The molecule has 12 rings (SSSR count). The number of nitrogens with zero attached hydrogens (tertiary/aromatic N) is 5. The SMILES string of the molecule is [C-]#[N+]c1cc(-n2c3ccccc3c3c4oc5ccccc5c4ccc32)c(C#N)cc1-n1c2ccccc2c2cc(-c3ccc(N(c4ccccc4)c4ccccc4)cc3)ccc21. The summed E-state index contributed by atoms with van der Waals surface area (Å²) in [5, 5.41) is 17.1. The van der Waals surface area contributed by atoms with Crippen molar-refractivity contribution >= 4 is 88.3 Å². The Hall–Kier alpha value is -8.84. The van der Waals surface area contributed by atoms with Crippen molar-refractivity contribution < 1.29 is 4.42 Å². The molecule has 0 aliphatic carbocycles. The molecule has 0 aliphatic heterocycles. The zero-order valence-electron chi connectivity index (χ0n) is 33.2. The van der Waals surface area contributed by atoms with Crippen LogP contribution in [0, 0.1) is 17.9 Å². The first-order valence-electron chi connectivity index (χ1n) is 20.5. The van der Waals surface area contributed by atoms with Crippen LogP contribution in [0.1, 0.15) is 5.56 Å². The Kier molecular flexibility index (Phi) is 7.87. The van der Waals surface area contributed by atoms with Gasteiger partial charge in [0, 0.05) is 44.0 Å². The maximum atomic E-state index is 10.9. The van der Waals surface area contributed by atoms with Crippen LogP contribution in [0.2, 0.25) is 0 Å². The number of hydrogen-bond donors (Lipinski definition) is 0. The van der Waals surface area contributed by atoms with E-state index < -0.39 is 0 Å². The predicted octanol–water partition coefficient (Wildman–Crippen LogP) is 15.3. The zero-order chi connectivity index (χ0) is 41.3. The number of para-hydroxylation sites is 5. The van der Waals surface area contributed by atoms with Crippen molar-refractivity contribution in [1.29, 1.82) is 5.26 Å². The quantitative estimate of drug-likeness (QED) is 0.158. The van der Waals surface area contributed by atoms with Crippen molar-refractivity contribution in [2.45, 2.75) is 0 Å². The number of rotatable bonds is 6. The van der Waals surface area contributed by atoms with Crippen LogP contribution in [0.5, 0.6) is 0 Å². The smallest absolute Gasteiger partial charge is 0.212 e. The molecule has 3 aromatic heterocycles. The Morgan fingerprint density at radius 1 is 0.468 bits per heavy atom. The summed E-state index contributed by atoms with van der Waals surface area (Å²) in [6.45, 7) is 8.55. The first-order chi connectivity index (χ1) is 30.7. The fourth-order valence-electron chi connectivity index (χ4n) is 9.42. The molecule has 0 N–H and O–H groups in total. The molecule has 0 atom stereocenters. The van der Waals surface area contributed by atoms with Crippen molar-refractivity contribution in [2.24, 2.45) is 0 Å². The Labute approximate surface area is 356 Å². The molecule has 6 heteroatoms. The summed E-state index contributed by atoms with van der Waals surface area (Å²) in [4.78, 5) is 6.40. The molecule has 62 heavy (non-hydrogen) atoms. The summed E-state index contributed by atoms with van der Waals surface area (Å²) in [6, 6.07) is 71.1. The van der Waals surface area contributed by atoms with Gasteiger partial charge in [0.05, 0.1) is 51.0 Å². The van der Waals surface area contributed by atoms with Crippen LogP contribution in [0.15, 0.2) is 205 Å². The van der Waals surface area contributed by atoms with Gasteiger partial charge >= 0.3 is 0 Å². The number of hydrogen-bond acceptors (Lipinski definition) is 3. The fourth-order valence-corrected chi connectivity index (χ4v) is 9.42. The zero-order valence-corrected chi connectivity index (χ0v) is 33.2. The van der Waals surface area contributed by atoms with Crippen molar-refractivity contribution in [1.82, 2.24) is 9.13 Å². The highest BCUT2D eigenvalue weighted by Gasteiger charge is 2.23. The second-order valence-electron chi connectivity index (χ2n) is 15.5. The van der Waals surface area contributed by atoms with E-state index in [1.165, 1.54) is 0 Å². The molecule has 12 aromatic rings. The van der Waals surface area contributed by atoms with Gasteiger partial charge in [0.25, 0.3) is 0 Å². The third kappa shape index (κ3) is 5.28. The Balaban J connectivity index is 1.00. The number of anilines is 3. The summed E-state index contributed by atoms with van der Waals surface area (Å²) in [5.41, 5.74) is 13.0. The van der Waals surface area contributed by atoms with Gasteiger partial charge in [-0.3, -0.25) is 0 Å². The first kappa shape index (κ1) is 35.1. The molecule has 0 spiro atoms. The standard InChI is InChI=1S/C56H33N5O/c1-58-47-34-52(61-49-22-12-9-20-45(49)55-51(61)31-29-44-43-19-10-13-23-54(43)62-56(44)55)38(35-57)33-53(47)60-48-21-11-8-18-42(48)46-32-37(26-30-50(46)60)36-24-27-41(28-25-36)59(39-14-4-2-5-15-39)40-16-6-3-7-17-40/h2-34H. The highest BCUT2D eigenvalue weighted by molar-refractivity contribution is 6.24. The highest BCUT2D eigenvalue weighted by Crippen LogP contribution is 2.44. The molecule has 288 valence electrons. The third-order valence-electron chi connectivity index (χ3n) is 12.2. The molecule has 3 heterocycles. The number of benzene rings is 9. The van der Waals surface area contributed by atoms with Gasteiger partial charge in [0.15, 0.2) is 0 Å². The van der Waals surface area contributed by atoms with Gasteiger partial charge in [-0.2, -0.15) is 5.26 Å². The lowest BCUT2D eigenvalue weighted by molar-refractivity contribution is 0.673. The number of furan rings is 1. The van der Waals surface area contributed by atoms with Gasteiger partial charge in [0.1, 0.15) is 17.2 Å². The van der Waals surface area contributed by atoms with Crippen LogP contribution in [0.25, 0.3) is 92.9 Å². The van der Waals surface area contributed by atoms with E-state index in [9.17, 15) is 5.26 Å². The minimum absolute atomic E-state index is 0.443. The van der Waals surface area contributed by atoms with Gasteiger partial charge in [0.2, 0.25) is 5.69 Å². The predicted molar refractivity (Wildman–Crippen MR) is 253 cm³/mol. The van der Waals surface area contributed by atoms with Gasteiger partial charge in [-0.05, 0) is 102 Å². The average Bonchev–Trinajstić information content (AvgIpc) is 4.00. The van der Waals surface area contributed by atoms with Crippen LogP contribution < -0.4 is 4.90 Å². The number of fused-ring (bicyclic) bond motifs is 10. The van der Waals surface area contributed by atoms with Crippen molar-refractivity contribution in [3.8, 4) is 28.6 Å². The number of aromatic nitrogens is 2. The van der Waals surface area contributed by atoms with Gasteiger partial charge < -0.3 is 18.5 Å². The Morgan fingerprint density at radius 2 is 1.03 bits per heavy atom. The van der Waals surface area contributed by atoms with E-state index in [0.717, 1.165) is 93.7 Å². The monoisotopic (exact) mass is 791 g/mol. The van der Waals surface area contributed by atoms with Crippen molar-refractivity contribution in [3.63, 3.8) is 0 Å². The van der Waals surface area contributed by atoms with Crippen LogP contribution in [0.3, 0.4) is 0 Å². The van der Waals surface area contributed by atoms with Gasteiger partial charge in [-0.1, -0.05) is 109 Å². The lowest BCUT2D eigenvalue weighted by atomic mass is 10.0. The maximum Gasteiger partial charge on any atom is 0.212 e. The fraction of sp³-hybridized carbons (Fsp3) is 0. The first-order valence-corrected chi connectivity index (χ1v) is 20.5. The lowest BCUT2D eigenvalue weighted by Crippen LogP contribution is -2.09. The van der Waals surface area contributed by atoms with Gasteiger partial charge in [-0.25, -0.2) is 4.85 Å². The largest absolute Gasteiger partial charge is 0.455 e. The Morgan fingerprint density at radius 3 is 1.74 bits per heavy atom. The average molecular weight is 792 g/mol. The molecule has 0 amide bonds. The topological polar surface area (TPSA) is 54.4 Å². The molecule has 0 fully saturated rings. The molecule has 0 saturated heterocycles. The second-order valence-corrected chi connectivity index (χ2v) is 15.5. The molecule has 0 aliphatic rings. The summed E-state index contributed by atoms with van der Waals surface area (Å²) in [6.07, 6.45) is 0. The van der Waals surface area contributed by atoms with Gasteiger partial charge in [-0.15, -0.1) is 0 Å². The summed E-state index contributed by atoms with van der Waals surface area (Å²) < 4.78 is 10.8. The van der Waals surface area contributed by atoms with Crippen LogP contribution >= 0.6 is 0 Å². The molecule has 6 nitrogen and oxygen atoms in total. The minimum atomic E-state index is 0.443. The van der Waals surface area contributed by atoms with E-state index in [0.29, 0.717) is 22.6 Å². The summed E-state index contributed by atoms with van der Waals surface area (Å²) in [7, 11) is 0. The third-order valence-corrected chi connectivity index (χ3v) is 12.2. The van der Waals surface area contributed by atoms with E-state index in [2.05, 4.69) is 164 Å². The molecule has 0 saturated carbocycles. The molecular formula is C56H33N5O. The summed E-state index contributed by atoms with van der Waals surface area (Å²) in [5.74, 6) is 0. The molecule has 0 unspecified atom stereocenters. The van der Waals surface area contributed by atoms with Crippen molar-refractivity contribution in [2.75, 3.05) is 4.90 Å². The Bertz CT molecular complexity index is 3780. The highest BCUT2D eigenvalue weighted by atomic mass is 16.3. The molecule has 0 radical (unpaired) electrons. The van der Waals surface area contributed by atoms with Crippen LogP contribution in [-0.2, 0) is 0 Å². The lowest BCUT2D eigenvalue weighted by Gasteiger charge is -2.25. The maximum absolute atomic E-state index is 10.9. The normalized spacial score (nSPS) is 11.5. The molecule has 9 aromatic carbocycles. The van der Waals surface area contributed by atoms with E-state index >= 15 is 0 Å². The van der Waals surface area contributed by atoms with E-state index in [1.54, 1.807) is 0 Å². The number of nitriles is 1. The molecular weight excluding hydrogens is 759 g/mol. The van der Waals surface area contributed by atoms with E-state index in [1.807, 2.05) is 60.7 Å². The minimum Gasteiger partial charge on any atom is -0.455 e. The van der Waals surface area contributed by atoms with E-state index in [4.69, 9.17) is 11.0 Å². The second kappa shape index (κ2) is 13.9. The molecule has 0 bridgehead atoms. The summed E-state index contributed by atoms with van der Waals surface area (Å²) >= 11 is 0.